The summed E-state index contributed by atoms with van der Waals surface area (Å²) in [7, 11) is 1.40. The first-order valence-corrected chi connectivity index (χ1v) is 10.5. The third-order valence-corrected chi connectivity index (χ3v) is 5.07. The van der Waals surface area contributed by atoms with Crippen molar-refractivity contribution < 1.29 is 24.1 Å². The molecule has 1 amide bonds. The number of halogens is 3. The number of rotatable bonds is 9. The van der Waals surface area contributed by atoms with E-state index < -0.39 is 29.8 Å². The van der Waals surface area contributed by atoms with Gasteiger partial charge in [0.1, 0.15) is 5.82 Å². The third kappa shape index (κ3) is 5.53. The maximum Gasteiger partial charge on any atom is 0.417 e. The molecule has 0 saturated carbocycles. The minimum Gasteiger partial charge on any atom is -0.467 e. The van der Waals surface area contributed by atoms with Gasteiger partial charge in [-0.15, -0.1) is 0 Å². The smallest absolute Gasteiger partial charge is 0.417 e. The lowest BCUT2D eigenvalue weighted by molar-refractivity contribution is -0.137. The van der Waals surface area contributed by atoms with Gasteiger partial charge < -0.3 is 15.4 Å². The van der Waals surface area contributed by atoms with Gasteiger partial charge in [-0.3, -0.25) is 14.9 Å². The van der Waals surface area contributed by atoms with E-state index in [0.717, 1.165) is 5.69 Å². The van der Waals surface area contributed by atoms with Crippen molar-refractivity contribution in [3.63, 3.8) is 0 Å². The number of pyridine rings is 1. The summed E-state index contributed by atoms with van der Waals surface area (Å²) < 4.78 is 48.8. The average Bonchev–Trinajstić information content (AvgIpc) is 3.31. The molecule has 0 fully saturated rings. The second-order valence-electron chi connectivity index (χ2n) is 7.37. The minimum absolute atomic E-state index is 0. The number of benzene rings is 1. The maximum atomic E-state index is 13.9. The molecule has 3 rings (SSSR count). The van der Waals surface area contributed by atoms with Crippen LogP contribution in [0.4, 0.5) is 19.0 Å². The molecule has 8 nitrogen and oxygen atoms in total. The summed E-state index contributed by atoms with van der Waals surface area (Å²) >= 11 is 0. The second kappa shape index (κ2) is 10.4. The lowest BCUT2D eigenvalue weighted by Gasteiger charge is -2.19. The van der Waals surface area contributed by atoms with E-state index in [1.54, 1.807) is 54.2 Å². The summed E-state index contributed by atoms with van der Waals surface area (Å²) in [6.07, 6.45) is -3.16. The number of hydrogen-bond acceptors (Lipinski definition) is 6. The zero-order valence-electron chi connectivity index (χ0n) is 18.9. The van der Waals surface area contributed by atoms with Gasteiger partial charge in [0.25, 0.3) is 5.91 Å². The SMILES string of the molecule is CCn1nccc1C(C)NC(=O)COc1cc(C(F)(F)F)c(C(=N)c2ccccc2)c(NC)n1.[HH]. The van der Waals surface area contributed by atoms with Gasteiger partial charge in [-0.1, -0.05) is 30.3 Å². The van der Waals surface area contributed by atoms with Crippen LogP contribution in [0.25, 0.3) is 0 Å². The maximum absolute atomic E-state index is 13.9. The van der Waals surface area contributed by atoms with Crippen LogP contribution in [0, 0.1) is 5.41 Å². The average molecular weight is 477 g/mol. The lowest BCUT2D eigenvalue weighted by atomic mass is 9.98. The number of ether oxygens (including phenoxy) is 1. The first-order chi connectivity index (χ1) is 16.2. The van der Waals surface area contributed by atoms with E-state index in [-0.39, 0.29) is 24.9 Å². The van der Waals surface area contributed by atoms with Gasteiger partial charge in [0, 0.05) is 32.8 Å². The van der Waals surface area contributed by atoms with Crippen molar-refractivity contribution in [3.8, 4) is 5.88 Å². The van der Waals surface area contributed by atoms with Gasteiger partial charge in [0.05, 0.1) is 28.6 Å². The van der Waals surface area contributed by atoms with E-state index in [2.05, 4.69) is 20.7 Å². The fraction of sp³-hybridized carbons (Fsp3) is 0.304. The molecule has 182 valence electrons. The normalized spacial score (nSPS) is 12.2. The lowest BCUT2D eigenvalue weighted by Crippen LogP contribution is -2.32. The Hall–Kier alpha value is -3.89. The number of aromatic nitrogens is 3. The zero-order valence-corrected chi connectivity index (χ0v) is 18.9. The van der Waals surface area contributed by atoms with E-state index in [9.17, 15) is 18.0 Å². The molecular weight excluding hydrogens is 449 g/mol. The molecule has 1 atom stereocenters. The second-order valence-corrected chi connectivity index (χ2v) is 7.37. The first kappa shape index (κ1) is 24.7. The largest absolute Gasteiger partial charge is 0.467 e. The Morgan fingerprint density at radius 2 is 1.97 bits per heavy atom. The monoisotopic (exact) mass is 476 g/mol. The summed E-state index contributed by atoms with van der Waals surface area (Å²) in [5, 5.41) is 17.8. The molecule has 1 unspecified atom stereocenters. The number of aryl methyl sites for hydroxylation is 1. The Balaban J connectivity index is 0.00000432. The Morgan fingerprint density at radius 1 is 1.26 bits per heavy atom. The van der Waals surface area contributed by atoms with E-state index >= 15 is 0 Å². The Morgan fingerprint density at radius 3 is 2.59 bits per heavy atom. The molecule has 0 aliphatic heterocycles. The Kier molecular flexibility index (Phi) is 7.54. The van der Waals surface area contributed by atoms with E-state index in [0.29, 0.717) is 18.2 Å². The number of hydrogen-bond donors (Lipinski definition) is 3. The summed E-state index contributed by atoms with van der Waals surface area (Å²) in [4.78, 5) is 16.4. The first-order valence-electron chi connectivity index (χ1n) is 10.5. The molecule has 2 heterocycles. The Labute approximate surface area is 196 Å². The summed E-state index contributed by atoms with van der Waals surface area (Å²) in [5.74, 6) is -1.10. The molecular formula is C23H27F3N6O2. The number of nitrogens with one attached hydrogen (secondary N) is 3. The molecule has 34 heavy (non-hydrogen) atoms. The molecule has 2 aromatic heterocycles. The van der Waals surface area contributed by atoms with Gasteiger partial charge >= 0.3 is 6.18 Å². The summed E-state index contributed by atoms with van der Waals surface area (Å²) in [6, 6.07) is 10.2. The molecule has 0 bridgehead atoms. The number of carbonyl (C=O) groups is 1. The molecule has 0 aliphatic carbocycles. The van der Waals surface area contributed by atoms with Gasteiger partial charge in [-0.2, -0.15) is 23.3 Å². The number of anilines is 1. The van der Waals surface area contributed by atoms with Crippen LogP contribution in [0.3, 0.4) is 0 Å². The number of nitrogens with zero attached hydrogens (tertiary/aromatic N) is 3. The highest BCUT2D eigenvalue weighted by Crippen LogP contribution is 2.37. The summed E-state index contributed by atoms with van der Waals surface area (Å²) in [6.45, 7) is 3.77. The molecule has 1 aromatic carbocycles. The van der Waals surface area contributed by atoms with Crippen LogP contribution in [0.1, 0.15) is 43.7 Å². The standard InChI is InChI=1S/C23H25F3N6O2.H2/c1-4-32-17(10-11-29-32)14(2)30-18(33)13-34-19-12-16(23(24,25)26)20(22(28-3)31-19)21(27)15-8-6-5-7-9-15;/h5-12,14,27H,4,13H2,1-3H3,(H,28,31)(H,30,33);1H. The molecule has 0 radical (unpaired) electrons. The van der Waals surface area contributed by atoms with Crippen LogP contribution < -0.4 is 15.4 Å². The van der Waals surface area contributed by atoms with Crippen molar-refractivity contribution in [2.45, 2.75) is 32.6 Å². The molecule has 3 aromatic rings. The molecule has 0 aliphatic rings. The Bertz CT molecular complexity index is 1170. The number of carbonyl (C=O) groups excluding carboxylic acids is 1. The van der Waals surface area contributed by atoms with Crippen LogP contribution in [0.2, 0.25) is 0 Å². The fourth-order valence-electron chi connectivity index (χ4n) is 3.47. The van der Waals surface area contributed by atoms with Crippen LogP contribution in [-0.4, -0.2) is 40.0 Å². The van der Waals surface area contributed by atoms with Crippen LogP contribution in [0.5, 0.6) is 5.88 Å². The molecule has 0 saturated heterocycles. The fourth-order valence-corrected chi connectivity index (χ4v) is 3.47. The predicted molar refractivity (Wildman–Crippen MR) is 123 cm³/mol. The van der Waals surface area contributed by atoms with E-state index in [1.807, 2.05) is 6.92 Å². The quantitative estimate of drug-likeness (QED) is 0.400. The highest BCUT2D eigenvalue weighted by Gasteiger charge is 2.37. The zero-order chi connectivity index (χ0) is 24.9. The van der Waals surface area contributed by atoms with E-state index in [1.165, 1.54) is 7.05 Å². The van der Waals surface area contributed by atoms with E-state index in [4.69, 9.17) is 10.1 Å². The highest BCUT2D eigenvalue weighted by atomic mass is 19.4. The van der Waals surface area contributed by atoms with Crippen molar-refractivity contribution in [2.24, 2.45) is 0 Å². The van der Waals surface area contributed by atoms with Gasteiger partial charge in [-0.25, -0.2) is 0 Å². The van der Waals surface area contributed by atoms with Crippen molar-refractivity contribution in [1.82, 2.24) is 20.1 Å². The van der Waals surface area contributed by atoms with Gasteiger partial charge in [0.15, 0.2) is 6.61 Å². The molecule has 3 N–H and O–H groups in total. The number of amides is 1. The van der Waals surface area contributed by atoms with Gasteiger partial charge in [-0.05, 0) is 19.9 Å². The van der Waals surface area contributed by atoms with Gasteiger partial charge in [0.2, 0.25) is 5.88 Å². The van der Waals surface area contributed by atoms with Crippen molar-refractivity contribution >= 4 is 17.4 Å². The molecule has 11 heteroatoms. The molecule has 0 spiro atoms. The topological polar surface area (TPSA) is 105 Å². The highest BCUT2D eigenvalue weighted by molar-refractivity contribution is 6.14. The minimum atomic E-state index is -4.78. The number of alkyl halides is 3. The van der Waals surface area contributed by atoms with Crippen molar-refractivity contribution in [2.75, 3.05) is 19.0 Å². The summed E-state index contributed by atoms with van der Waals surface area (Å²) in [5.41, 5.74) is -0.736. The van der Waals surface area contributed by atoms with Crippen LogP contribution >= 0.6 is 0 Å². The predicted octanol–water partition coefficient (Wildman–Crippen LogP) is 4.28. The van der Waals surface area contributed by atoms with Crippen LogP contribution in [-0.2, 0) is 17.5 Å². The van der Waals surface area contributed by atoms with Crippen LogP contribution in [0.15, 0.2) is 48.7 Å². The third-order valence-electron chi connectivity index (χ3n) is 5.07. The van der Waals surface area contributed by atoms with Crippen molar-refractivity contribution in [1.29, 1.82) is 5.41 Å². The van der Waals surface area contributed by atoms with Crippen molar-refractivity contribution in [3.05, 3.63) is 71.0 Å².